The Morgan fingerprint density at radius 3 is 2.82 bits per heavy atom. The number of ether oxygens (including phenoxy) is 1. The zero-order chi connectivity index (χ0) is 12.8. The van der Waals surface area contributed by atoms with Gasteiger partial charge in [-0.1, -0.05) is 6.07 Å². The third-order valence-electron chi connectivity index (χ3n) is 2.58. The van der Waals surface area contributed by atoms with Crippen molar-refractivity contribution in [2.24, 2.45) is 0 Å². The van der Waals surface area contributed by atoms with Gasteiger partial charge in [0.25, 0.3) is 0 Å². The Morgan fingerprint density at radius 1 is 1.53 bits per heavy atom. The second kappa shape index (κ2) is 6.77. The van der Waals surface area contributed by atoms with Crippen LogP contribution in [0.25, 0.3) is 0 Å². The van der Waals surface area contributed by atoms with Gasteiger partial charge in [0.1, 0.15) is 0 Å². The number of anilines is 1. The molecule has 0 aromatic heterocycles. The van der Waals surface area contributed by atoms with Crippen molar-refractivity contribution in [1.82, 2.24) is 0 Å². The van der Waals surface area contributed by atoms with Gasteiger partial charge in [0.2, 0.25) is 5.91 Å². The molecule has 0 aliphatic rings. The largest absolute Gasteiger partial charge is 0.382 e. The Bertz CT molecular complexity index is 393. The maximum absolute atomic E-state index is 11.7. The van der Waals surface area contributed by atoms with Gasteiger partial charge in [0.05, 0.1) is 11.8 Å². The number of amides is 1. The van der Waals surface area contributed by atoms with E-state index >= 15 is 0 Å². The van der Waals surface area contributed by atoms with Crippen LogP contribution in [0.2, 0.25) is 0 Å². The van der Waals surface area contributed by atoms with Gasteiger partial charge < -0.3 is 10.1 Å². The van der Waals surface area contributed by atoms with Crippen LogP contribution in [0.5, 0.6) is 0 Å². The first-order valence-corrected chi connectivity index (χ1v) is 6.41. The summed E-state index contributed by atoms with van der Waals surface area (Å²) in [4.78, 5) is 11.7. The predicted octanol–water partition coefficient (Wildman–Crippen LogP) is 3.51. The lowest BCUT2D eigenvalue weighted by Gasteiger charge is -2.10. The number of hydrogen-bond acceptors (Lipinski definition) is 2. The highest BCUT2D eigenvalue weighted by atomic mass is 79.9. The lowest BCUT2D eigenvalue weighted by molar-refractivity contribution is -0.116. The maximum Gasteiger partial charge on any atom is 0.224 e. The Labute approximate surface area is 111 Å². The molecule has 0 radical (unpaired) electrons. The van der Waals surface area contributed by atoms with Crippen molar-refractivity contribution in [2.75, 3.05) is 12.4 Å². The molecule has 0 spiro atoms. The first kappa shape index (κ1) is 14.2. The second-order valence-corrected chi connectivity index (χ2v) is 4.97. The molecule has 94 valence electrons. The van der Waals surface area contributed by atoms with Crippen LogP contribution in [-0.2, 0) is 9.53 Å². The summed E-state index contributed by atoms with van der Waals surface area (Å²) in [7, 11) is 1.65. The van der Waals surface area contributed by atoms with Gasteiger partial charge in [-0.2, -0.15) is 0 Å². The highest BCUT2D eigenvalue weighted by molar-refractivity contribution is 9.10. The minimum atomic E-state index is 0.0125. The van der Waals surface area contributed by atoms with Gasteiger partial charge >= 0.3 is 0 Å². The molecule has 4 heteroatoms. The fourth-order valence-corrected chi connectivity index (χ4v) is 1.98. The summed E-state index contributed by atoms with van der Waals surface area (Å²) in [5.74, 6) is 0.0125. The Kier molecular flexibility index (Phi) is 5.65. The molecule has 1 amide bonds. The van der Waals surface area contributed by atoms with E-state index in [2.05, 4.69) is 21.2 Å². The van der Waals surface area contributed by atoms with Gasteiger partial charge in [-0.3, -0.25) is 4.79 Å². The molecule has 0 saturated heterocycles. The normalized spacial score (nSPS) is 12.2. The Hall–Kier alpha value is -0.870. The van der Waals surface area contributed by atoms with Crippen LogP contribution in [0, 0.1) is 6.92 Å². The van der Waals surface area contributed by atoms with Crippen LogP contribution in [0.1, 0.15) is 25.3 Å². The molecular weight excluding hydrogens is 282 g/mol. The zero-order valence-electron chi connectivity index (χ0n) is 10.4. The number of benzene rings is 1. The number of hydrogen-bond donors (Lipinski definition) is 1. The van der Waals surface area contributed by atoms with E-state index in [1.165, 1.54) is 0 Å². The van der Waals surface area contributed by atoms with Crippen molar-refractivity contribution in [3.05, 3.63) is 28.2 Å². The van der Waals surface area contributed by atoms with Gasteiger partial charge in [-0.15, -0.1) is 0 Å². The molecule has 1 rings (SSSR count). The predicted molar refractivity (Wildman–Crippen MR) is 73.2 cm³/mol. The summed E-state index contributed by atoms with van der Waals surface area (Å²) in [6.07, 6.45) is 1.31. The lowest BCUT2D eigenvalue weighted by Crippen LogP contribution is -2.15. The molecule has 1 atom stereocenters. The summed E-state index contributed by atoms with van der Waals surface area (Å²) < 4.78 is 6.01. The van der Waals surface area contributed by atoms with Crippen molar-refractivity contribution < 1.29 is 9.53 Å². The molecule has 1 unspecified atom stereocenters. The average Bonchev–Trinajstić information content (AvgIpc) is 2.29. The molecule has 0 bridgehead atoms. The summed E-state index contributed by atoms with van der Waals surface area (Å²) in [5, 5.41) is 2.88. The van der Waals surface area contributed by atoms with Crippen molar-refractivity contribution in [1.29, 1.82) is 0 Å². The fraction of sp³-hybridized carbons (Fsp3) is 0.462. The molecule has 3 nitrogen and oxygen atoms in total. The van der Waals surface area contributed by atoms with E-state index in [1.54, 1.807) is 7.11 Å². The van der Waals surface area contributed by atoms with Gasteiger partial charge in [0, 0.05) is 18.0 Å². The first-order chi connectivity index (χ1) is 8.02. The van der Waals surface area contributed by atoms with Crippen LogP contribution in [0.15, 0.2) is 22.7 Å². The van der Waals surface area contributed by atoms with E-state index in [-0.39, 0.29) is 12.0 Å². The highest BCUT2D eigenvalue weighted by Crippen LogP contribution is 2.23. The lowest BCUT2D eigenvalue weighted by atomic mass is 10.2. The SMILES string of the molecule is COC(C)CCC(=O)Nc1ccc(C)cc1Br. The number of nitrogens with one attached hydrogen (secondary N) is 1. The van der Waals surface area contributed by atoms with Crippen LogP contribution >= 0.6 is 15.9 Å². The van der Waals surface area contributed by atoms with Crippen LogP contribution in [0.3, 0.4) is 0 Å². The Morgan fingerprint density at radius 2 is 2.24 bits per heavy atom. The summed E-state index contributed by atoms with van der Waals surface area (Å²) >= 11 is 3.43. The van der Waals surface area contributed by atoms with E-state index in [0.717, 1.165) is 22.1 Å². The number of rotatable bonds is 5. The van der Waals surface area contributed by atoms with Crippen LogP contribution in [0.4, 0.5) is 5.69 Å². The quantitative estimate of drug-likeness (QED) is 0.903. The molecule has 0 fully saturated rings. The van der Waals surface area contributed by atoms with Gasteiger partial charge in [-0.25, -0.2) is 0 Å². The third-order valence-corrected chi connectivity index (χ3v) is 3.24. The van der Waals surface area contributed by atoms with E-state index < -0.39 is 0 Å². The Balaban J connectivity index is 2.50. The summed E-state index contributed by atoms with van der Waals surface area (Å²) in [6.45, 7) is 3.96. The molecule has 0 heterocycles. The van der Waals surface area contributed by atoms with Gasteiger partial charge in [0.15, 0.2) is 0 Å². The van der Waals surface area contributed by atoms with E-state index in [0.29, 0.717) is 6.42 Å². The molecule has 0 aliphatic heterocycles. The number of aryl methyl sites for hydroxylation is 1. The molecule has 0 saturated carbocycles. The molecule has 1 aromatic rings. The fourth-order valence-electron chi connectivity index (χ4n) is 1.39. The third kappa shape index (κ3) is 4.88. The van der Waals surface area contributed by atoms with Crippen LogP contribution in [-0.4, -0.2) is 19.1 Å². The van der Waals surface area contributed by atoms with Crippen molar-refractivity contribution in [3.63, 3.8) is 0 Å². The highest BCUT2D eigenvalue weighted by Gasteiger charge is 2.08. The standard InChI is InChI=1S/C13H18BrNO2/c1-9-4-6-12(11(14)8-9)15-13(16)7-5-10(2)17-3/h4,6,8,10H,5,7H2,1-3H3,(H,15,16). The number of methoxy groups -OCH3 is 1. The molecule has 17 heavy (non-hydrogen) atoms. The summed E-state index contributed by atoms with van der Waals surface area (Å²) in [5.41, 5.74) is 1.97. The topological polar surface area (TPSA) is 38.3 Å². The number of halogens is 1. The monoisotopic (exact) mass is 299 g/mol. The average molecular weight is 300 g/mol. The molecule has 0 aliphatic carbocycles. The molecular formula is C13H18BrNO2. The smallest absolute Gasteiger partial charge is 0.224 e. The van der Waals surface area contributed by atoms with Crippen molar-refractivity contribution in [3.8, 4) is 0 Å². The van der Waals surface area contributed by atoms with E-state index in [9.17, 15) is 4.79 Å². The summed E-state index contributed by atoms with van der Waals surface area (Å²) in [6, 6.07) is 5.85. The van der Waals surface area contributed by atoms with Crippen LogP contribution < -0.4 is 5.32 Å². The second-order valence-electron chi connectivity index (χ2n) is 4.12. The molecule has 1 aromatic carbocycles. The maximum atomic E-state index is 11.7. The van der Waals surface area contributed by atoms with E-state index in [4.69, 9.17) is 4.74 Å². The number of carbonyl (C=O) groups is 1. The first-order valence-electron chi connectivity index (χ1n) is 5.61. The minimum Gasteiger partial charge on any atom is -0.382 e. The van der Waals surface area contributed by atoms with Crippen molar-refractivity contribution in [2.45, 2.75) is 32.8 Å². The van der Waals surface area contributed by atoms with E-state index in [1.807, 2.05) is 32.0 Å². The van der Waals surface area contributed by atoms with Gasteiger partial charge in [-0.05, 0) is 53.9 Å². The van der Waals surface area contributed by atoms with Crippen molar-refractivity contribution >= 4 is 27.5 Å². The minimum absolute atomic E-state index is 0.0125. The number of carbonyl (C=O) groups excluding carboxylic acids is 1. The molecule has 1 N–H and O–H groups in total. The zero-order valence-corrected chi connectivity index (χ0v) is 12.0.